The van der Waals surface area contributed by atoms with Gasteiger partial charge in [-0.25, -0.2) is 9.97 Å². The molecule has 2 heterocycles. The number of hydrogen-bond acceptors (Lipinski definition) is 5. The number of hydrogen-bond donors (Lipinski definition) is 1. The molecule has 0 radical (unpaired) electrons. The molecule has 0 fully saturated rings. The molecule has 1 aliphatic rings. The summed E-state index contributed by atoms with van der Waals surface area (Å²) in [5.41, 5.74) is 1.64. The number of benzene rings is 1. The van der Waals surface area contributed by atoms with E-state index in [1.54, 1.807) is 35.6 Å². The molecule has 0 saturated heterocycles. The van der Waals surface area contributed by atoms with Gasteiger partial charge in [0.1, 0.15) is 0 Å². The van der Waals surface area contributed by atoms with E-state index >= 15 is 0 Å². The molecule has 0 aliphatic heterocycles. The van der Waals surface area contributed by atoms with Crippen LogP contribution in [0.1, 0.15) is 43.6 Å². The number of aromatic nitrogens is 2. The number of carbonyl (C=O) groups is 2. The van der Waals surface area contributed by atoms with Crippen molar-refractivity contribution < 1.29 is 9.59 Å². The second-order valence-electron chi connectivity index (χ2n) is 6.06. The van der Waals surface area contributed by atoms with E-state index in [9.17, 15) is 9.59 Å². The summed E-state index contributed by atoms with van der Waals surface area (Å²) in [6, 6.07) is 10.7. The largest absolute Gasteiger partial charge is 0.294 e. The number of nitrogens with zero attached hydrogens (tertiary/aromatic N) is 2. The zero-order valence-electron chi connectivity index (χ0n) is 13.6. The number of rotatable bonds is 3. The molecule has 7 heteroatoms. The molecule has 0 bridgehead atoms. The molecule has 0 saturated carbocycles. The van der Waals surface area contributed by atoms with Gasteiger partial charge in [0.2, 0.25) is 5.95 Å². The Hall–Kier alpha value is -2.57. The molecular weight excluding hydrogens is 370 g/mol. The van der Waals surface area contributed by atoms with Crippen molar-refractivity contribution in [3.8, 4) is 0 Å². The lowest BCUT2D eigenvalue weighted by Gasteiger charge is -2.22. The van der Waals surface area contributed by atoms with Gasteiger partial charge in [0.25, 0.3) is 5.91 Å². The van der Waals surface area contributed by atoms with Crippen molar-refractivity contribution in [2.45, 2.75) is 18.8 Å². The summed E-state index contributed by atoms with van der Waals surface area (Å²) in [5, 5.41) is 5.16. The first kappa shape index (κ1) is 16.9. The highest BCUT2D eigenvalue weighted by Gasteiger charge is 2.28. The van der Waals surface area contributed by atoms with Gasteiger partial charge in [0.05, 0.1) is 11.3 Å². The Morgan fingerprint density at radius 2 is 2.12 bits per heavy atom. The van der Waals surface area contributed by atoms with Gasteiger partial charge in [-0.05, 0) is 36.1 Å². The van der Waals surface area contributed by atoms with E-state index in [1.807, 2.05) is 17.5 Å². The minimum Gasteiger partial charge on any atom is -0.294 e. The van der Waals surface area contributed by atoms with Crippen LogP contribution >= 0.6 is 22.9 Å². The number of halogens is 1. The van der Waals surface area contributed by atoms with E-state index in [1.165, 1.54) is 11.1 Å². The van der Waals surface area contributed by atoms with Crippen LogP contribution in [0.2, 0.25) is 5.02 Å². The van der Waals surface area contributed by atoms with Crippen molar-refractivity contribution in [1.29, 1.82) is 0 Å². The fourth-order valence-corrected chi connectivity index (χ4v) is 4.05. The Morgan fingerprint density at radius 3 is 2.88 bits per heavy atom. The Labute approximate surface area is 159 Å². The predicted octanol–water partition coefficient (Wildman–Crippen LogP) is 4.36. The summed E-state index contributed by atoms with van der Waals surface area (Å²) in [6.45, 7) is 0. The molecule has 3 aromatic rings. The third-order valence-electron chi connectivity index (χ3n) is 4.30. The maximum absolute atomic E-state index is 12.4. The molecule has 0 spiro atoms. The molecule has 1 aromatic carbocycles. The Kier molecular flexibility index (Phi) is 4.53. The third kappa shape index (κ3) is 3.38. The number of Topliss-reactive ketones (excluding diaryl/α,β-unsaturated/α-hetero) is 1. The van der Waals surface area contributed by atoms with E-state index in [4.69, 9.17) is 11.6 Å². The predicted molar refractivity (Wildman–Crippen MR) is 101 cm³/mol. The van der Waals surface area contributed by atoms with E-state index in [0.717, 1.165) is 0 Å². The van der Waals surface area contributed by atoms with Crippen LogP contribution in [0.5, 0.6) is 0 Å². The lowest BCUT2D eigenvalue weighted by molar-refractivity contribution is 0.0963. The Bertz CT molecular complexity index is 988. The number of amides is 1. The second-order valence-corrected chi connectivity index (χ2v) is 7.48. The summed E-state index contributed by atoms with van der Waals surface area (Å²) in [4.78, 5) is 34.5. The highest BCUT2D eigenvalue weighted by atomic mass is 35.5. The molecule has 1 unspecified atom stereocenters. The van der Waals surface area contributed by atoms with Gasteiger partial charge >= 0.3 is 0 Å². The number of thiophene rings is 1. The van der Waals surface area contributed by atoms with Gasteiger partial charge in [0.15, 0.2) is 5.78 Å². The van der Waals surface area contributed by atoms with Crippen molar-refractivity contribution in [2.75, 3.05) is 5.32 Å². The highest BCUT2D eigenvalue weighted by Crippen LogP contribution is 2.34. The van der Waals surface area contributed by atoms with Gasteiger partial charge in [0, 0.05) is 34.0 Å². The topological polar surface area (TPSA) is 72.0 Å². The fraction of sp³-hybridized carbons (Fsp3) is 0.158. The second kappa shape index (κ2) is 6.97. The monoisotopic (exact) mass is 383 g/mol. The third-order valence-corrected chi connectivity index (χ3v) is 5.57. The quantitative estimate of drug-likeness (QED) is 0.729. The van der Waals surface area contributed by atoms with E-state index < -0.39 is 0 Å². The normalized spacial score (nSPS) is 16.2. The average molecular weight is 384 g/mol. The molecule has 1 N–H and O–H groups in total. The number of ketones is 1. The van der Waals surface area contributed by atoms with Crippen LogP contribution in [0.4, 0.5) is 5.95 Å². The van der Waals surface area contributed by atoms with Crippen LogP contribution in [0.3, 0.4) is 0 Å². The summed E-state index contributed by atoms with van der Waals surface area (Å²) in [6.07, 6.45) is 2.62. The fourth-order valence-electron chi connectivity index (χ4n) is 3.03. The summed E-state index contributed by atoms with van der Waals surface area (Å²) < 4.78 is 0. The molecule has 1 aliphatic carbocycles. The first-order chi connectivity index (χ1) is 12.6. The molecule has 130 valence electrons. The van der Waals surface area contributed by atoms with Crippen LogP contribution < -0.4 is 5.32 Å². The summed E-state index contributed by atoms with van der Waals surface area (Å²) in [7, 11) is 0. The van der Waals surface area contributed by atoms with Crippen LogP contribution in [0.15, 0.2) is 48.0 Å². The molecule has 1 atom stereocenters. The summed E-state index contributed by atoms with van der Waals surface area (Å²) in [5.74, 6) is 0.0106. The van der Waals surface area contributed by atoms with Crippen molar-refractivity contribution in [3.63, 3.8) is 0 Å². The van der Waals surface area contributed by atoms with Crippen LogP contribution in [0.25, 0.3) is 0 Å². The highest BCUT2D eigenvalue weighted by molar-refractivity contribution is 7.10. The zero-order chi connectivity index (χ0) is 18.1. The van der Waals surface area contributed by atoms with Crippen molar-refractivity contribution in [3.05, 3.63) is 74.7 Å². The lowest BCUT2D eigenvalue weighted by atomic mass is 9.86. The number of nitrogens with one attached hydrogen (secondary N) is 1. The standard InChI is InChI=1S/C19H14ClN3O2S/c20-13-4-1-3-11(7-13)18(25)23-19-21-10-14-15(22-19)8-12(9-16(14)24)17-5-2-6-26-17/h1-7,10,12H,8-9H2,(H,21,22,23,25). The first-order valence-electron chi connectivity index (χ1n) is 8.09. The Balaban J connectivity index is 1.58. The first-order valence-corrected chi connectivity index (χ1v) is 9.35. The lowest BCUT2D eigenvalue weighted by Crippen LogP contribution is -2.22. The van der Waals surface area contributed by atoms with Crippen molar-refractivity contribution >= 4 is 40.6 Å². The van der Waals surface area contributed by atoms with Gasteiger partial charge in [-0.3, -0.25) is 14.9 Å². The number of anilines is 1. The smallest absolute Gasteiger partial charge is 0.258 e. The van der Waals surface area contributed by atoms with Crippen molar-refractivity contribution in [2.24, 2.45) is 0 Å². The van der Waals surface area contributed by atoms with E-state index in [2.05, 4.69) is 15.3 Å². The zero-order valence-corrected chi connectivity index (χ0v) is 15.2. The van der Waals surface area contributed by atoms with E-state index in [-0.39, 0.29) is 23.6 Å². The minimum absolute atomic E-state index is 0.0392. The van der Waals surface area contributed by atoms with Crippen molar-refractivity contribution in [1.82, 2.24) is 9.97 Å². The molecule has 1 amide bonds. The molecule has 5 nitrogen and oxygen atoms in total. The SMILES string of the molecule is O=C(Nc1ncc2c(n1)CC(c1cccs1)CC2=O)c1cccc(Cl)c1. The van der Waals surface area contributed by atoms with Crippen LogP contribution in [-0.2, 0) is 6.42 Å². The van der Waals surface area contributed by atoms with Gasteiger partial charge < -0.3 is 0 Å². The van der Waals surface area contributed by atoms with Gasteiger partial charge in [-0.15, -0.1) is 11.3 Å². The molecule has 2 aromatic heterocycles. The summed E-state index contributed by atoms with van der Waals surface area (Å²) >= 11 is 7.56. The van der Waals surface area contributed by atoms with Gasteiger partial charge in [-0.2, -0.15) is 0 Å². The number of carbonyl (C=O) groups excluding carboxylic acids is 2. The van der Waals surface area contributed by atoms with Crippen LogP contribution in [0, 0.1) is 0 Å². The minimum atomic E-state index is -0.343. The number of fused-ring (bicyclic) bond motifs is 1. The van der Waals surface area contributed by atoms with E-state index in [0.29, 0.717) is 34.7 Å². The average Bonchev–Trinajstić information content (AvgIpc) is 3.16. The van der Waals surface area contributed by atoms with Gasteiger partial charge in [-0.1, -0.05) is 23.7 Å². The molecule has 4 rings (SSSR count). The molecule has 26 heavy (non-hydrogen) atoms. The Morgan fingerprint density at radius 1 is 1.23 bits per heavy atom. The van der Waals surface area contributed by atoms with Crippen LogP contribution in [-0.4, -0.2) is 21.7 Å². The maximum atomic E-state index is 12.4. The maximum Gasteiger partial charge on any atom is 0.258 e. The molecular formula is C19H14ClN3O2S.